The molecule has 1 atom stereocenters. The van der Waals surface area contributed by atoms with Gasteiger partial charge in [0.1, 0.15) is 0 Å². The van der Waals surface area contributed by atoms with E-state index in [1.807, 2.05) is 32.0 Å². The van der Waals surface area contributed by atoms with Gasteiger partial charge in [0, 0.05) is 16.5 Å². The molecule has 2 heteroatoms. The Balaban J connectivity index is 2.03. The Morgan fingerprint density at radius 3 is 2.71 bits per heavy atom. The van der Waals surface area contributed by atoms with E-state index < -0.39 is 0 Å². The normalized spacial score (nSPS) is 17.4. The van der Waals surface area contributed by atoms with Gasteiger partial charge in [-0.25, -0.2) is 0 Å². The Morgan fingerprint density at radius 2 is 1.90 bits per heavy atom. The fraction of sp³-hybridized carbons (Fsp3) is 0.316. The highest BCUT2D eigenvalue weighted by atomic mass is 35.5. The number of Topliss-reactive ketones (excluding diaryl/α,β-unsaturated/α-hetero) is 1. The highest BCUT2D eigenvalue weighted by Crippen LogP contribution is 2.35. The van der Waals surface area contributed by atoms with Crippen LogP contribution in [0.15, 0.2) is 36.4 Å². The van der Waals surface area contributed by atoms with Crippen LogP contribution in [0.4, 0.5) is 0 Å². The number of benzene rings is 2. The van der Waals surface area contributed by atoms with Crippen LogP contribution in [0.1, 0.15) is 51.4 Å². The van der Waals surface area contributed by atoms with Gasteiger partial charge in [-0.05, 0) is 67.5 Å². The maximum Gasteiger partial charge on any atom is 0.170 e. The van der Waals surface area contributed by atoms with Crippen molar-refractivity contribution in [1.29, 1.82) is 0 Å². The van der Waals surface area contributed by atoms with Crippen molar-refractivity contribution in [2.24, 2.45) is 0 Å². The molecule has 1 aliphatic rings. The molecule has 0 amide bonds. The van der Waals surface area contributed by atoms with E-state index >= 15 is 0 Å². The number of fused-ring (bicyclic) bond motifs is 1. The van der Waals surface area contributed by atoms with Gasteiger partial charge in [-0.3, -0.25) is 4.79 Å². The van der Waals surface area contributed by atoms with E-state index in [4.69, 9.17) is 11.6 Å². The lowest BCUT2D eigenvalue weighted by molar-refractivity contribution is 0.0950. The maximum atomic E-state index is 13.0. The molecule has 0 aliphatic heterocycles. The average molecular weight is 299 g/mol. The summed E-state index contributed by atoms with van der Waals surface area (Å²) < 4.78 is 0. The Hall–Kier alpha value is -1.60. The van der Waals surface area contributed by atoms with E-state index in [1.54, 1.807) is 0 Å². The number of carbonyl (C=O) groups is 1. The molecule has 0 bridgehead atoms. The molecule has 0 spiro atoms. The summed E-state index contributed by atoms with van der Waals surface area (Å²) in [7, 11) is 0. The maximum absolute atomic E-state index is 13.0. The van der Waals surface area contributed by atoms with Gasteiger partial charge in [0.25, 0.3) is 0 Å². The Bertz CT molecular complexity index is 703. The smallest absolute Gasteiger partial charge is 0.170 e. The molecule has 0 radical (unpaired) electrons. The summed E-state index contributed by atoms with van der Waals surface area (Å²) in [5.74, 6) is 0.230. The number of carbonyl (C=O) groups excluding carboxylic acids is 1. The van der Waals surface area contributed by atoms with Crippen LogP contribution in [-0.4, -0.2) is 5.78 Å². The van der Waals surface area contributed by atoms with Crippen molar-refractivity contribution in [3.8, 4) is 0 Å². The van der Waals surface area contributed by atoms with E-state index in [0.29, 0.717) is 0 Å². The van der Waals surface area contributed by atoms with Crippen LogP contribution in [0, 0.1) is 13.8 Å². The minimum atomic E-state index is -0.00535. The molecule has 21 heavy (non-hydrogen) atoms. The quantitative estimate of drug-likeness (QED) is 0.691. The molecular weight excluding hydrogens is 280 g/mol. The summed E-state index contributed by atoms with van der Waals surface area (Å²) in [6, 6.07) is 12.2. The number of halogens is 1. The van der Waals surface area contributed by atoms with Crippen LogP contribution in [0.25, 0.3) is 0 Å². The summed E-state index contributed by atoms with van der Waals surface area (Å²) in [4.78, 5) is 13.0. The predicted molar refractivity (Wildman–Crippen MR) is 87.4 cm³/mol. The first-order chi connectivity index (χ1) is 10.1. The van der Waals surface area contributed by atoms with E-state index in [9.17, 15) is 4.79 Å². The SMILES string of the molecule is Cc1cc(C(=O)C2CCCc3ccccc32)c(C)cc1Cl. The summed E-state index contributed by atoms with van der Waals surface area (Å²) >= 11 is 6.15. The standard InChI is InChI=1S/C19H19ClO/c1-12-11-18(20)13(2)10-17(12)19(21)16-9-5-7-14-6-3-4-8-15(14)16/h3-4,6,8,10-11,16H,5,7,9H2,1-2H3. The third-order valence-corrected chi connectivity index (χ3v) is 4.86. The third-order valence-electron chi connectivity index (χ3n) is 4.46. The minimum absolute atomic E-state index is 0.00535. The fourth-order valence-electron chi connectivity index (χ4n) is 3.26. The lowest BCUT2D eigenvalue weighted by Gasteiger charge is -2.25. The molecule has 2 aromatic carbocycles. The van der Waals surface area contributed by atoms with E-state index in [-0.39, 0.29) is 11.7 Å². The molecule has 0 N–H and O–H groups in total. The monoisotopic (exact) mass is 298 g/mol. The Morgan fingerprint density at radius 1 is 1.14 bits per heavy atom. The first kappa shape index (κ1) is 14.3. The largest absolute Gasteiger partial charge is 0.293 e. The van der Waals surface area contributed by atoms with Gasteiger partial charge in [0.05, 0.1) is 0 Å². The van der Waals surface area contributed by atoms with Crippen LogP contribution in [-0.2, 0) is 6.42 Å². The highest BCUT2D eigenvalue weighted by molar-refractivity contribution is 6.31. The second-order valence-electron chi connectivity index (χ2n) is 5.92. The second kappa shape index (κ2) is 5.65. The van der Waals surface area contributed by atoms with Gasteiger partial charge < -0.3 is 0 Å². The number of rotatable bonds is 2. The predicted octanol–water partition coefficient (Wildman–Crippen LogP) is 5.26. The third kappa shape index (κ3) is 2.63. The average Bonchev–Trinajstić information content (AvgIpc) is 2.49. The van der Waals surface area contributed by atoms with Gasteiger partial charge in [0.15, 0.2) is 5.78 Å². The number of ketones is 1. The Labute approximate surface area is 131 Å². The lowest BCUT2D eigenvalue weighted by Crippen LogP contribution is -2.19. The second-order valence-corrected chi connectivity index (χ2v) is 6.33. The molecule has 1 aliphatic carbocycles. The summed E-state index contributed by atoms with van der Waals surface area (Å²) in [5.41, 5.74) is 5.29. The van der Waals surface area contributed by atoms with E-state index in [2.05, 4.69) is 18.2 Å². The summed E-state index contributed by atoms with van der Waals surface area (Å²) in [5, 5.41) is 0.730. The topological polar surface area (TPSA) is 17.1 Å². The van der Waals surface area contributed by atoms with Crippen molar-refractivity contribution in [3.05, 3.63) is 69.2 Å². The van der Waals surface area contributed by atoms with Crippen molar-refractivity contribution in [2.75, 3.05) is 0 Å². The van der Waals surface area contributed by atoms with Gasteiger partial charge in [-0.2, -0.15) is 0 Å². The minimum Gasteiger partial charge on any atom is -0.293 e. The van der Waals surface area contributed by atoms with E-state index in [0.717, 1.165) is 41.0 Å². The van der Waals surface area contributed by atoms with Gasteiger partial charge in [-0.15, -0.1) is 0 Å². The zero-order valence-corrected chi connectivity index (χ0v) is 13.2. The molecule has 108 valence electrons. The number of hydrogen-bond donors (Lipinski definition) is 0. The molecule has 1 unspecified atom stereocenters. The molecule has 0 saturated heterocycles. The van der Waals surface area contributed by atoms with Crippen LogP contribution < -0.4 is 0 Å². The van der Waals surface area contributed by atoms with Crippen molar-refractivity contribution >= 4 is 17.4 Å². The van der Waals surface area contributed by atoms with Gasteiger partial charge >= 0.3 is 0 Å². The summed E-state index contributed by atoms with van der Waals surface area (Å²) in [6.45, 7) is 3.92. The molecule has 1 nitrogen and oxygen atoms in total. The molecule has 0 aromatic heterocycles. The van der Waals surface area contributed by atoms with E-state index in [1.165, 1.54) is 11.1 Å². The molecule has 3 rings (SSSR count). The molecule has 0 heterocycles. The van der Waals surface area contributed by atoms with Crippen LogP contribution >= 0.6 is 11.6 Å². The number of aryl methyl sites for hydroxylation is 3. The molecular formula is C19H19ClO. The molecule has 2 aromatic rings. The van der Waals surface area contributed by atoms with Crippen molar-refractivity contribution in [3.63, 3.8) is 0 Å². The van der Waals surface area contributed by atoms with Crippen LogP contribution in [0.3, 0.4) is 0 Å². The van der Waals surface area contributed by atoms with Crippen molar-refractivity contribution in [1.82, 2.24) is 0 Å². The Kier molecular flexibility index (Phi) is 3.86. The zero-order valence-electron chi connectivity index (χ0n) is 12.4. The molecule has 0 fully saturated rings. The number of hydrogen-bond acceptors (Lipinski definition) is 1. The van der Waals surface area contributed by atoms with Crippen molar-refractivity contribution in [2.45, 2.75) is 39.0 Å². The first-order valence-electron chi connectivity index (χ1n) is 7.46. The van der Waals surface area contributed by atoms with Crippen LogP contribution in [0.5, 0.6) is 0 Å². The first-order valence-corrected chi connectivity index (χ1v) is 7.84. The fourth-order valence-corrected chi connectivity index (χ4v) is 3.48. The summed E-state index contributed by atoms with van der Waals surface area (Å²) in [6.07, 6.45) is 3.11. The zero-order chi connectivity index (χ0) is 15.0. The van der Waals surface area contributed by atoms with Crippen molar-refractivity contribution < 1.29 is 4.79 Å². The van der Waals surface area contributed by atoms with Gasteiger partial charge in [0.2, 0.25) is 0 Å². The van der Waals surface area contributed by atoms with Gasteiger partial charge in [-0.1, -0.05) is 35.9 Å². The van der Waals surface area contributed by atoms with Crippen LogP contribution in [0.2, 0.25) is 5.02 Å². The molecule has 0 saturated carbocycles. The highest BCUT2D eigenvalue weighted by Gasteiger charge is 2.28. The lowest BCUT2D eigenvalue weighted by atomic mass is 9.78.